The van der Waals surface area contributed by atoms with Crippen molar-refractivity contribution in [3.63, 3.8) is 0 Å². The van der Waals surface area contributed by atoms with Crippen LogP contribution in [-0.2, 0) is 20.0 Å². The van der Waals surface area contributed by atoms with Crippen molar-refractivity contribution in [1.82, 2.24) is 9.97 Å². The van der Waals surface area contributed by atoms with E-state index >= 15 is 0 Å². The van der Waals surface area contributed by atoms with Crippen LogP contribution in [-0.4, -0.2) is 37.9 Å². The Morgan fingerprint density at radius 3 is 1.97 bits per heavy atom. The zero-order valence-corrected chi connectivity index (χ0v) is 19.0. The summed E-state index contributed by atoms with van der Waals surface area (Å²) in [5, 5.41) is 9.11. The molecule has 0 saturated heterocycles. The summed E-state index contributed by atoms with van der Waals surface area (Å²) in [6.07, 6.45) is 0. The fourth-order valence-corrected chi connectivity index (χ4v) is 5.16. The highest BCUT2D eigenvalue weighted by Crippen LogP contribution is 2.23. The molecule has 168 valence electrons. The van der Waals surface area contributed by atoms with Crippen LogP contribution < -0.4 is 9.44 Å². The number of carboxylic acids is 1. The molecule has 32 heavy (non-hydrogen) atoms. The van der Waals surface area contributed by atoms with Gasteiger partial charge in [-0.25, -0.2) is 36.3 Å². The van der Waals surface area contributed by atoms with Crippen LogP contribution in [0.3, 0.4) is 0 Å². The molecule has 0 saturated carbocycles. The van der Waals surface area contributed by atoms with Gasteiger partial charge in [0.25, 0.3) is 20.0 Å². The van der Waals surface area contributed by atoms with Crippen LogP contribution in [0.15, 0.2) is 58.3 Å². The summed E-state index contributed by atoms with van der Waals surface area (Å²) in [5.41, 5.74) is 1.49. The Balaban J connectivity index is 1.84. The van der Waals surface area contributed by atoms with Gasteiger partial charge in [0.05, 0.1) is 15.4 Å². The molecular formula is C20H20N4O6S2. The third-order valence-electron chi connectivity index (χ3n) is 4.35. The maximum atomic E-state index is 12.7. The van der Waals surface area contributed by atoms with Crippen LogP contribution in [0.4, 0.5) is 11.6 Å². The molecule has 3 aromatic rings. The van der Waals surface area contributed by atoms with Crippen LogP contribution in [0.2, 0.25) is 0 Å². The maximum absolute atomic E-state index is 12.7. The first kappa shape index (κ1) is 23.2. The zero-order chi connectivity index (χ0) is 23.7. The summed E-state index contributed by atoms with van der Waals surface area (Å²) < 4.78 is 55.3. The van der Waals surface area contributed by atoms with E-state index in [0.717, 1.165) is 6.07 Å². The van der Waals surface area contributed by atoms with Gasteiger partial charge >= 0.3 is 5.97 Å². The maximum Gasteiger partial charge on any atom is 0.335 e. The van der Waals surface area contributed by atoms with Crippen molar-refractivity contribution < 1.29 is 26.7 Å². The largest absolute Gasteiger partial charge is 0.478 e. The molecule has 0 spiro atoms. The minimum absolute atomic E-state index is 0.0685. The summed E-state index contributed by atoms with van der Waals surface area (Å²) in [4.78, 5) is 18.9. The van der Waals surface area contributed by atoms with E-state index in [1.54, 1.807) is 19.9 Å². The highest BCUT2D eigenvalue weighted by atomic mass is 32.2. The van der Waals surface area contributed by atoms with E-state index in [0.29, 0.717) is 17.0 Å². The number of sulfonamides is 2. The molecule has 1 heterocycles. The lowest BCUT2D eigenvalue weighted by molar-refractivity contribution is 0.0696. The Kier molecular flexibility index (Phi) is 6.19. The van der Waals surface area contributed by atoms with Crippen molar-refractivity contribution in [2.45, 2.75) is 30.6 Å². The number of aromatic nitrogens is 2. The lowest BCUT2D eigenvalue weighted by atomic mass is 10.1. The molecule has 0 aliphatic rings. The number of hydrogen-bond donors (Lipinski definition) is 3. The van der Waals surface area contributed by atoms with E-state index in [4.69, 9.17) is 5.11 Å². The van der Waals surface area contributed by atoms with Crippen molar-refractivity contribution in [3.8, 4) is 0 Å². The number of nitrogens with zero attached hydrogens (tertiary/aromatic N) is 2. The quantitative estimate of drug-likeness (QED) is 0.470. The summed E-state index contributed by atoms with van der Waals surface area (Å²) in [6.45, 7) is 4.96. The second-order valence-corrected chi connectivity index (χ2v) is 10.3. The lowest BCUT2D eigenvalue weighted by Crippen LogP contribution is -2.17. The summed E-state index contributed by atoms with van der Waals surface area (Å²) in [7, 11) is -8.10. The van der Waals surface area contributed by atoms with E-state index < -0.39 is 26.0 Å². The molecule has 0 atom stereocenters. The van der Waals surface area contributed by atoms with E-state index in [2.05, 4.69) is 19.4 Å². The van der Waals surface area contributed by atoms with Gasteiger partial charge in [0.1, 0.15) is 0 Å². The van der Waals surface area contributed by atoms with Crippen molar-refractivity contribution in [3.05, 3.63) is 71.0 Å². The molecule has 0 amide bonds. The summed E-state index contributed by atoms with van der Waals surface area (Å²) >= 11 is 0. The third kappa shape index (κ3) is 5.21. The van der Waals surface area contributed by atoms with Gasteiger partial charge in [0.15, 0.2) is 0 Å². The number of rotatable bonds is 7. The van der Waals surface area contributed by atoms with Crippen molar-refractivity contribution in [2.24, 2.45) is 0 Å². The molecule has 0 aliphatic carbocycles. The second-order valence-electron chi connectivity index (χ2n) is 7.00. The standard InChI is InChI=1S/C20H20N4O6S2/c1-12-4-5-15(19(25)26)11-18(12)32(29,30)23-16-6-8-17(9-7-16)31(27,28)24-20-21-13(2)10-14(3)22-20/h4-11,23H,1-3H3,(H,25,26)(H,21,22,24). The molecule has 0 bridgehead atoms. The molecule has 0 unspecified atom stereocenters. The molecular weight excluding hydrogens is 456 g/mol. The Labute approximate surface area is 185 Å². The van der Waals surface area contributed by atoms with Gasteiger partial charge in [0, 0.05) is 17.1 Å². The molecule has 0 radical (unpaired) electrons. The second kappa shape index (κ2) is 8.55. The van der Waals surface area contributed by atoms with Crippen LogP contribution in [0.5, 0.6) is 0 Å². The van der Waals surface area contributed by atoms with Crippen molar-refractivity contribution in [1.29, 1.82) is 0 Å². The Morgan fingerprint density at radius 2 is 1.41 bits per heavy atom. The van der Waals surface area contributed by atoms with E-state index in [9.17, 15) is 21.6 Å². The van der Waals surface area contributed by atoms with E-state index in [1.807, 2.05) is 0 Å². The third-order valence-corrected chi connectivity index (χ3v) is 7.22. The van der Waals surface area contributed by atoms with Crippen molar-refractivity contribution >= 4 is 37.7 Å². The van der Waals surface area contributed by atoms with Gasteiger partial charge in [-0.05, 0) is 68.8 Å². The summed E-state index contributed by atoms with van der Waals surface area (Å²) in [5.74, 6) is -1.32. The number of nitrogens with one attached hydrogen (secondary N) is 2. The van der Waals surface area contributed by atoms with Gasteiger partial charge in [-0.2, -0.15) is 0 Å². The highest BCUT2D eigenvalue weighted by Gasteiger charge is 2.20. The molecule has 10 nitrogen and oxygen atoms in total. The first-order valence-electron chi connectivity index (χ1n) is 9.19. The van der Waals surface area contributed by atoms with Gasteiger partial charge in [0.2, 0.25) is 5.95 Å². The SMILES string of the molecule is Cc1cc(C)nc(NS(=O)(=O)c2ccc(NS(=O)(=O)c3cc(C(=O)O)ccc3C)cc2)n1. The number of carbonyl (C=O) groups is 1. The van der Waals surface area contributed by atoms with Crippen LogP contribution in [0, 0.1) is 20.8 Å². The average Bonchev–Trinajstić information content (AvgIpc) is 2.67. The number of hydrogen-bond acceptors (Lipinski definition) is 7. The Morgan fingerprint density at radius 1 is 0.812 bits per heavy atom. The first-order chi connectivity index (χ1) is 14.9. The topological polar surface area (TPSA) is 155 Å². The number of aromatic carboxylic acids is 1. The molecule has 0 aliphatic heterocycles. The van der Waals surface area contributed by atoms with Gasteiger partial charge in [-0.1, -0.05) is 6.07 Å². The Bertz CT molecular complexity index is 1380. The lowest BCUT2D eigenvalue weighted by Gasteiger charge is -2.12. The number of carboxylic acid groups (broad SMARTS) is 1. The molecule has 2 aromatic carbocycles. The van der Waals surface area contributed by atoms with E-state index in [1.165, 1.54) is 43.3 Å². The number of anilines is 2. The zero-order valence-electron chi connectivity index (χ0n) is 17.3. The van der Waals surface area contributed by atoms with Gasteiger partial charge < -0.3 is 5.11 Å². The first-order valence-corrected chi connectivity index (χ1v) is 12.2. The smallest absolute Gasteiger partial charge is 0.335 e. The fraction of sp³-hybridized carbons (Fsp3) is 0.150. The van der Waals surface area contributed by atoms with Crippen LogP contribution in [0.1, 0.15) is 27.3 Å². The monoisotopic (exact) mass is 476 g/mol. The molecule has 3 N–H and O–H groups in total. The molecule has 3 rings (SSSR count). The molecule has 1 aromatic heterocycles. The number of aryl methyl sites for hydroxylation is 3. The predicted molar refractivity (Wildman–Crippen MR) is 118 cm³/mol. The average molecular weight is 477 g/mol. The molecule has 0 fully saturated rings. The van der Waals surface area contributed by atoms with Gasteiger partial charge in [-0.3, -0.25) is 4.72 Å². The van der Waals surface area contributed by atoms with Crippen LogP contribution >= 0.6 is 0 Å². The minimum Gasteiger partial charge on any atom is -0.478 e. The fourth-order valence-electron chi connectivity index (χ4n) is 2.89. The molecule has 12 heteroatoms. The normalized spacial score (nSPS) is 11.7. The minimum atomic E-state index is -4.10. The van der Waals surface area contributed by atoms with Crippen LogP contribution in [0.25, 0.3) is 0 Å². The van der Waals surface area contributed by atoms with E-state index in [-0.39, 0.29) is 27.0 Å². The highest BCUT2D eigenvalue weighted by molar-refractivity contribution is 7.93. The predicted octanol–water partition coefficient (Wildman–Crippen LogP) is 2.70. The number of benzene rings is 2. The summed E-state index contributed by atoms with van der Waals surface area (Å²) in [6, 6.07) is 10.5. The van der Waals surface area contributed by atoms with Crippen molar-refractivity contribution in [2.75, 3.05) is 9.44 Å². The Hall–Kier alpha value is -3.51. The van der Waals surface area contributed by atoms with Gasteiger partial charge in [-0.15, -0.1) is 0 Å².